The van der Waals surface area contributed by atoms with E-state index in [1.165, 1.54) is 5.56 Å². The second-order valence-corrected chi connectivity index (χ2v) is 4.73. The largest absolute Gasteiger partial charge is 0.359 e. The Morgan fingerprint density at radius 3 is 2.60 bits per heavy atom. The second-order valence-electron chi connectivity index (χ2n) is 3.81. The van der Waals surface area contributed by atoms with Gasteiger partial charge in [-0.05, 0) is 24.6 Å². The molecule has 15 heavy (non-hydrogen) atoms. The van der Waals surface area contributed by atoms with Gasteiger partial charge in [-0.15, -0.1) is 12.4 Å². The van der Waals surface area contributed by atoms with Crippen LogP contribution in [0.4, 0.5) is 0 Å². The van der Waals surface area contributed by atoms with E-state index in [0.717, 1.165) is 24.0 Å². The first-order chi connectivity index (χ1) is 6.68. The Hall–Kier alpha value is -0.0900. The van der Waals surface area contributed by atoms with Gasteiger partial charge in [0.1, 0.15) is 5.72 Å². The van der Waals surface area contributed by atoms with Gasteiger partial charge in [0.05, 0.1) is 6.61 Å². The fraction of sp³-hybridized carbons (Fsp3) is 0.455. The van der Waals surface area contributed by atoms with Crippen LogP contribution in [-0.4, -0.2) is 18.9 Å². The molecule has 1 aromatic rings. The molecule has 0 saturated carbocycles. The fourth-order valence-electron chi connectivity index (χ4n) is 1.75. The van der Waals surface area contributed by atoms with Crippen LogP contribution in [0.15, 0.2) is 28.7 Å². The molecule has 1 aliphatic rings. The van der Waals surface area contributed by atoms with E-state index in [1.807, 2.05) is 0 Å². The number of hydrogen-bond acceptors (Lipinski definition) is 2. The van der Waals surface area contributed by atoms with Gasteiger partial charge in [-0.2, -0.15) is 0 Å². The maximum atomic E-state index is 5.65. The Labute approximate surface area is 105 Å². The van der Waals surface area contributed by atoms with Crippen molar-refractivity contribution in [3.05, 3.63) is 34.3 Å². The van der Waals surface area contributed by atoms with E-state index in [0.29, 0.717) is 0 Å². The van der Waals surface area contributed by atoms with Crippen LogP contribution in [0, 0.1) is 0 Å². The number of halogens is 2. The Kier molecular flexibility index (Phi) is 4.59. The van der Waals surface area contributed by atoms with Gasteiger partial charge >= 0.3 is 0 Å². The maximum Gasteiger partial charge on any atom is 0.120 e. The minimum absolute atomic E-state index is 0. The Morgan fingerprint density at radius 1 is 1.40 bits per heavy atom. The van der Waals surface area contributed by atoms with Crippen molar-refractivity contribution in [3.63, 3.8) is 0 Å². The van der Waals surface area contributed by atoms with E-state index in [1.54, 1.807) is 0 Å². The molecule has 0 spiro atoms. The summed E-state index contributed by atoms with van der Waals surface area (Å²) in [5.41, 5.74) is 1.12. The minimum atomic E-state index is -0.173. The molecule has 1 saturated heterocycles. The molecule has 1 N–H and O–H groups in total. The van der Waals surface area contributed by atoms with Crippen molar-refractivity contribution in [2.24, 2.45) is 0 Å². The van der Waals surface area contributed by atoms with E-state index in [2.05, 4.69) is 52.4 Å². The SMILES string of the molecule is CC1(Cc2ccc(Br)cc2)NCCO1.Cl. The van der Waals surface area contributed by atoms with Crippen LogP contribution in [0.3, 0.4) is 0 Å². The summed E-state index contributed by atoms with van der Waals surface area (Å²) in [6.45, 7) is 3.86. The molecule has 0 aliphatic carbocycles. The monoisotopic (exact) mass is 291 g/mol. The molecule has 1 aliphatic heterocycles. The van der Waals surface area contributed by atoms with Crippen molar-refractivity contribution >= 4 is 28.3 Å². The van der Waals surface area contributed by atoms with Crippen molar-refractivity contribution in [1.29, 1.82) is 0 Å². The summed E-state index contributed by atoms with van der Waals surface area (Å²) in [5, 5.41) is 3.36. The highest BCUT2D eigenvalue weighted by molar-refractivity contribution is 9.10. The lowest BCUT2D eigenvalue weighted by molar-refractivity contribution is 0.00702. The van der Waals surface area contributed by atoms with Gasteiger partial charge in [0.15, 0.2) is 0 Å². The average molecular weight is 293 g/mol. The van der Waals surface area contributed by atoms with Gasteiger partial charge in [0.2, 0.25) is 0 Å². The zero-order chi connectivity index (χ0) is 10.0. The molecule has 4 heteroatoms. The second kappa shape index (κ2) is 5.30. The molecule has 1 aromatic carbocycles. The quantitative estimate of drug-likeness (QED) is 0.905. The third kappa shape index (κ3) is 3.45. The van der Waals surface area contributed by atoms with Crippen molar-refractivity contribution < 1.29 is 4.74 Å². The molecule has 0 bridgehead atoms. The Morgan fingerprint density at radius 2 is 2.07 bits per heavy atom. The van der Waals surface area contributed by atoms with Crippen molar-refractivity contribution in [3.8, 4) is 0 Å². The van der Waals surface area contributed by atoms with Gasteiger partial charge < -0.3 is 4.74 Å². The number of benzene rings is 1. The summed E-state index contributed by atoms with van der Waals surface area (Å²) in [5.74, 6) is 0. The molecule has 1 fully saturated rings. The van der Waals surface area contributed by atoms with E-state index in [4.69, 9.17) is 4.74 Å². The first-order valence-corrected chi connectivity index (χ1v) is 5.61. The molecule has 2 rings (SSSR count). The van der Waals surface area contributed by atoms with E-state index >= 15 is 0 Å². The van der Waals surface area contributed by atoms with Gasteiger partial charge in [0, 0.05) is 17.4 Å². The summed E-state index contributed by atoms with van der Waals surface area (Å²) < 4.78 is 6.77. The number of ether oxygens (including phenoxy) is 1. The maximum absolute atomic E-state index is 5.65. The number of hydrogen-bond donors (Lipinski definition) is 1. The normalized spacial score (nSPS) is 24.9. The van der Waals surface area contributed by atoms with Gasteiger partial charge in [0.25, 0.3) is 0 Å². The predicted molar refractivity (Wildman–Crippen MR) is 67.5 cm³/mol. The van der Waals surface area contributed by atoms with Crippen LogP contribution in [-0.2, 0) is 11.2 Å². The molecule has 0 amide bonds. The third-order valence-electron chi connectivity index (χ3n) is 2.48. The van der Waals surface area contributed by atoms with Crippen molar-refractivity contribution in [1.82, 2.24) is 5.32 Å². The van der Waals surface area contributed by atoms with E-state index in [-0.39, 0.29) is 18.1 Å². The molecule has 0 aromatic heterocycles. The highest BCUT2D eigenvalue weighted by Crippen LogP contribution is 2.19. The zero-order valence-electron chi connectivity index (χ0n) is 8.63. The minimum Gasteiger partial charge on any atom is -0.359 e. The zero-order valence-corrected chi connectivity index (χ0v) is 11.0. The van der Waals surface area contributed by atoms with Crippen LogP contribution in [0.1, 0.15) is 12.5 Å². The first kappa shape index (κ1) is 13.0. The van der Waals surface area contributed by atoms with Crippen LogP contribution in [0.5, 0.6) is 0 Å². The summed E-state index contributed by atoms with van der Waals surface area (Å²) in [4.78, 5) is 0. The van der Waals surface area contributed by atoms with Crippen molar-refractivity contribution in [2.45, 2.75) is 19.1 Å². The summed E-state index contributed by atoms with van der Waals surface area (Å²) in [6.07, 6.45) is 0.917. The Bertz CT molecular complexity index is 309. The van der Waals surface area contributed by atoms with Gasteiger partial charge in [-0.25, -0.2) is 0 Å². The standard InChI is InChI=1S/C11H14BrNO.ClH/c1-11(13-6-7-14-11)8-9-2-4-10(12)5-3-9;/h2-5,13H,6-8H2,1H3;1H. The predicted octanol–water partition coefficient (Wildman–Crippen LogP) is 2.75. The topological polar surface area (TPSA) is 21.3 Å². The molecule has 84 valence electrons. The lowest BCUT2D eigenvalue weighted by Crippen LogP contribution is -2.39. The lowest BCUT2D eigenvalue weighted by Gasteiger charge is -2.23. The van der Waals surface area contributed by atoms with Gasteiger partial charge in [-0.1, -0.05) is 28.1 Å². The summed E-state index contributed by atoms with van der Waals surface area (Å²) in [6, 6.07) is 8.37. The first-order valence-electron chi connectivity index (χ1n) is 4.81. The molecular formula is C11H15BrClNO. The molecular weight excluding hydrogens is 277 g/mol. The number of nitrogens with one attached hydrogen (secondary N) is 1. The molecule has 1 unspecified atom stereocenters. The third-order valence-corrected chi connectivity index (χ3v) is 3.01. The lowest BCUT2D eigenvalue weighted by atomic mass is 10.0. The van der Waals surface area contributed by atoms with Crippen LogP contribution in [0.25, 0.3) is 0 Å². The highest BCUT2D eigenvalue weighted by Gasteiger charge is 2.28. The molecule has 1 heterocycles. The van der Waals surface area contributed by atoms with Gasteiger partial charge in [-0.3, -0.25) is 5.32 Å². The van der Waals surface area contributed by atoms with Crippen LogP contribution >= 0.6 is 28.3 Å². The molecule has 1 atom stereocenters. The Balaban J connectivity index is 0.00000112. The fourth-order valence-corrected chi connectivity index (χ4v) is 2.01. The van der Waals surface area contributed by atoms with Crippen molar-refractivity contribution in [2.75, 3.05) is 13.2 Å². The van der Waals surface area contributed by atoms with E-state index < -0.39 is 0 Å². The van der Waals surface area contributed by atoms with Crippen LogP contribution < -0.4 is 5.32 Å². The highest BCUT2D eigenvalue weighted by atomic mass is 79.9. The van der Waals surface area contributed by atoms with E-state index in [9.17, 15) is 0 Å². The molecule has 2 nitrogen and oxygen atoms in total. The smallest absolute Gasteiger partial charge is 0.120 e. The number of rotatable bonds is 2. The van der Waals surface area contributed by atoms with Crippen LogP contribution in [0.2, 0.25) is 0 Å². The summed E-state index contributed by atoms with van der Waals surface area (Å²) in [7, 11) is 0. The molecule has 0 radical (unpaired) electrons. The average Bonchev–Trinajstić information content (AvgIpc) is 2.57. The summed E-state index contributed by atoms with van der Waals surface area (Å²) >= 11 is 3.42.